The maximum absolute atomic E-state index is 12.9. The van der Waals surface area contributed by atoms with E-state index in [0.717, 1.165) is 83.5 Å². The van der Waals surface area contributed by atoms with Crippen LogP contribution in [-0.2, 0) is 28.6 Å². The summed E-state index contributed by atoms with van der Waals surface area (Å²) in [6, 6.07) is 0. The molecule has 0 rings (SSSR count). The number of hydrogen-bond donors (Lipinski definition) is 0. The topological polar surface area (TPSA) is 78.9 Å². The normalized spacial score (nSPS) is 13.0. The van der Waals surface area contributed by atoms with Gasteiger partial charge in [0.1, 0.15) is 13.2 Å². The van der Waals surface area contributed by atoms with Crippen LogP contribution in [-0.4, -0.2) is 37.2 Å². The first-order chi connectivity index (χ1) is 36.0. The Bertz CT molecular complexity index is 1540. The van der Waals surface area contributed by atoms with Gasteiger partial charge in [-0.3, -0.25) is 14.4 Å². The summed E-state index contributed by atoms with van der Waals surface area (Å²) in [5.41, 5.74) is 0. The second-order valence-electron chi connectivity index (χ2n) is 19.5. The summed E-state index contributed by atoms with van der Waals surface area (Å²) in [5.74, 6) is -1.06. The van der Waals surface area contributed by atoms with Crippen molar-refractivity contribution in [3.63, 3.8) is 0 Å². The van der Waals surface area contributed by atoms with Gasteiger partial charge >= 0.3 is 17.9 Å². The maximum Gasteiger partial charge on any atom is 0.306 e. The van der Waals surface area contributed by atoms with Gasteiger partial charge in [-0.15, -0.1) is 0 Å². The van der Waals surface area contributed by atoms with E-state index in [2.05, 4.69) is 136 Å². The molecule has 0 heterocycles. The molecule has 0 aliphatic carbocycles. The lowest BCUT2D eigenvalue weighted by Gasteiger charge is -2.18. The fourth-order valence-corrected chi connectivity index (χ4v) is 7.99. The lowest BCUT2D eigenvalue weighted by atomic mass is 10.0. The minimum absolute atomic E-state index is 0.130. The van der Waals surface area contributed by atoms with E-state index in [0.29, 0.717) is 19.3 Å². The average Bonchev–Trinajstić information content (AvgIpc) is 3.39. The van der Waals surface area contributed by atoms with Gasteiger partial charge in [0, 0.05) is 19.3 Å². The van der Waals surface area contributed by atoms with E-state index in [1.165, 1.54) is 128 Å². The van der Waals surface area contributed by atoms with Crippen molar-refractivity contribution in [2.45, 2.75) is 271 Å². The van der Waals surface area contributed by atoms with Crippen LogP contribution in [0.5, 0.6) is 0 Å². The van der Waals surface area contributed by atoms with E-state index in [9.17, 15) is 14.4 Å². The van der Waals surface area contributed by atoms with E-state index in [1.807, 2.05) is 6.08 Å². The van der Waals surface area contributed by atoms with Gasteiger partial charge in [-0.1, -0.05) is 271 Å². The highest BCUT2D eigenvalue weighted by Gasteiger charge is 2.19. The second-order valence-corrected chi connectivity index (χ2v) is 19.5. The third-order valence-electron chi connectivity index (χ3n) is 12.5. The quantitative estimate of drug-likeness (QED) is 0.0261. The molecule has 0 radical (unpaired) electrons. The van der Waals surface area contributed by atoms with Crippen LogP contribution < -0.4 is 0 Å². The first-order valence-electron chi connectivity index (χ1n) is 30.0. The van der Waals surface area contributed by atoms with Gasteiger partial charge in [-0.25, -0.2) is 0 Å². The zero-order valence-corrected chi connectivity index (χ0v) is 47.4. The molecule has 0 amide bonds. The highest BCUT2D eigenvalue weighted by molar-refractivity contribution is 5.71. The molecule has 0 bridgehead atoms. The molecule has 0 saturated heterocycles. The summed E-state index contributed by atoms with van der Waals surface area (Å²) in [7, 11) is 0. The Morgan fingerprint density at radius 1 is 0.288 bits per heavy atom. The van der Waals surface area contributed by atoms with Gasteiger partial charge in [-0.2, -0.15) is 0 Å². The zero-order chi connectivity index (χ0) is 52.9. The minimum atomic E-state index is -0.833. The van der Waals surface area contributed by atoms with Crippen LogP contribution in [0.1, 0.15) is 265 Å². The number of hydrogen-bond acceptors (Lipinski definition) is 6. The van der Waals surface area contributed by atoms with Crippen LogP contribution >= 0.6 is 0 Å². The van der Waals surface area contributed by atoms with Crippen LogP contribution in [0.15, 0.2) is 122 Å². The zero-order valence-electron chi connectivity index (χ0n) is 47.4. The monoisotopic (exact) mass is 1010 g/mol. The molecule has 0 fully saturated rings. The van der Waals surface area contributed by atoms with Crippen molar-refractivity contribution in [1.82, 2.24) is 0 Å². The predicted molar refractivity (Wildman–Crippen MR) is 316 cm³/mol. The molecule has 0 saturated carbocycles. The summed E-state index contributed by atoms with van der Waals surface area (Å²) in [5, 5.41) is 0. The second kappa shape index (κ2) is 60.4. The van der Waals surface area contributed by atoms with E-state index in [-0.39, 0.29) is 44.0 Å². The van der Waals surface area contributed by atoms with Crippen LogP contribution in [0.2, 0.25) is 0 Å². The van der Waals surface area contributed by atoms with Crippen molar-refractivity contribution < 1.29 is 28.6 Å². The molecule has 0 spiro atoms. The van der Waals surface area contributed by atoms with Crippen molar-refractivity contribution in [2.24, 2.45) is 0 Å². The smallest absolute Gasteiger partial charge is 0.306 e. The largest absolute Gasteiger partial charge is 0.462 e. The van der Waals surface area contributed by atoms with Gasteiger partial charge in [0.2, 0.25) is 0 Å². The molecule has 6 heteroatoms. The highest BCUT2D eigenvalue weighted by atomic mass is 16.6. The summed E-state index contributed by atoms with van der Waals surface area (Å²) < 4.78 is 16.8. The molecule has 1 unspecified atom stereocenters. The molecule has 414 valence electrons. The van der Waals surface area contributed by atoms with Gasteiger partial charge in [0.05, 0.1) is 0 Å². The number of carbonyl (C=O) groups is 3. The Hall–Kier alpha value is -4.19. The summed E-state index contributed by atoms with van der Waals surface area (Å²) in [4.78, 5) is 38.2. The van der Waals surface area contributed by atoms with Crippen molar-refractivity contribution in [1.29, 1.82) is 0 Å². The standard InChI is InChI=1S/C67H110O6/c1-4-7-10-13-16-19-22-25-28-31-33-36-39-42-45-48-51-54-57-60-66(69)72-63-64(62-71-65(68)59-56-53-50-47-44-41-38-35-30-27-24-21-18-15-12-9-6-3)73-67(70)61-58-55-52-49-46-43-40-37-34-32-29-26-23-20-17-14-11-8-5-2/h7,10,16,18-19,21,25,27-28,30,33,36,38,41-42,45,47,50-51,54,64H,4-6,8-9,11-15,17,20,22-24,26,29,31-32,34-35,37,39-40,43-44,46,48-49,52-53,55-63H2,1-3H3/b10-7-,19-16-,21-18-,28-25-,30-27-,36-33-,41-38-,45-42-,50-47-,54-51-. The SMILES string of the molecule is CC/C=C\C/C=C\C/C=C\C/C=C\C/C=C\C/C=C\CCC(=O)OCC(COC(=O)CCC/C=C\C/C=C\C/C=C\C/C=C\CCCCC)OC(=O)CCCCCCCCCCCCCCCCCCCCC. The number of unbranched alkanes of at least 4 members (excludes halogenated alkanes) is 22. The number of ether oxygens (including phenoxy) is 3. The molecule has 6 nitrogen and oxygen atoms in total. The van der Waals surface area contributed by atoms with Crippen LogP contribution in [0.3, 0.4) is 0 Å². The summed E-state index contributed by atoms with van der Waals surface area (Å²) >= 11 is 0. The Labute approximate surface area is 450 Å². The lowest BCUT2D eigenvalue weighted by molar-refractivity contribution is -0.166. The van der Waals surface area contributed by atoms with Crippen molar-refractivity contribution in [3.8, 4) is 0 Å². The van der Waals surface area contributed by atoms with E-state index >= 15 is 0 Å². The number of rotatable bonds is 53. The van der Waals surface area contributed by atoms with E-state index < -0.39 is 6.10 Å². The molecule has 0 aliphatic heterocycles. The van der Waals surface area contributed by atoms with Crippen LogP contribution in [0.25, 0.3) is 0 Å². The molecular weight excluding hydrogens is 901 g/mol. The van der Waals surface area contributed by atoms with Crippen LogP contribution in [0, 0.1) is 0 Å². The van der Waals surface area contributed by atoms with Crippen molar-refractivity contribution in [3.05, 3.63) is 122 Å². The third-order valence-corrected chi connectivity index (χ3v) is 12.5. The minimum Gasteiger partial charge on any atom is -0.462 e. The van der Waals surface area contributed by atoms with Gasteiger partial charge in [0.25, 0.3) is 0 Å². The number of esters is 3. The first-order valence-corrected chi connectivity index (χ1v) is 30.0. The average molecular weight is 1010 g/mol. The molecule has 73 heavy (non-hydrogen) atoms. The fourth-order valence-electron chi connectivity index (χ4n) is 7.99. The highest BCUT2D eigenvalue weighted by Crippen LogP contribution is 2.16. The lowest BCUT2D eigenvalue weighted by Crippen LogP contribution is -2.30. The molecule has 0 aromatic rings. The van der Waals surface area contributed by atoms with Gasteiger partial charge in [-0.05, 0) is 96.3 Å². The summed E-state index contributed by atoms with van der Waals surface area (Å²) in [6.45, 7) is 6.40. The van der Waals surface area contributed by atoms with Crippen molar-refractivity contribution in [2.75, 3.05) is 13.2 Å². The van der Waals surface area contributed by atoms with E-state index in [1.54, 1.807) is 0 Å². The Kier molecular flexibility index (Phi) is 56.9. The molecule has 1 atom stereocenters. The third kappa shape index (κ3) is 58.6. The molecule has 0 aromatic carbocycles. The number of carbonyl (C=O) groups excluding carboxylic acids is 3. The Morgan fingerprint density at radius 3 is 0.959 bits per heavy atom. The molecule has 0 aliphatic rings. The predicted octanol–water partition coefficient (Wildman–Crippen LogP) is 20.4. The summed E-state index contributed by atoms with van der Waals surface area (Å²) in [6.07, 6.45) is 83.5. The maximum atomic E-state index is 12.9. The van der Waals surface area contributed by atoms with Gasteiger partial charge in [0.15, 0.2) is 6.10 Å². The van der Waals surface area contributed by atoms with Crippen molar-refractivity contribution >= 4 is 17.9 Å². The molecule has 0 N–H and O–H groups in total. The first kappa shape index (κ1) is 68.8. The number of allylic oxidation sites excluding steroid dienone is 20. The molecular formula is C67H110O6. The van der Waals surface area contributed by atoms with Crippen LogP contribution in [0.4, 0.5) is 0 Å². The Morgan fingerprint density at radius 2 is 0.575 bits per heavy atom. The Balaban J connectivity index is 4.56. The fraction of sp³-hybridized carbons (Fsp3) is 0.657. The molecule has 0 aromatic heterocycles. The van der Waals surface area contributed by atoms with Gasteiger partial charge < -0.3 is 14.2 Å². The van der Waals surface area contributed by atoms with E-state index in [4.69, 9.17) is 14.2 Å².